The zero-order valence-electron chi connectivity index (χ0n) is 16.9. The molecule has 2 N–H and O–H groups in total. The molecule has 4 rings (SSSR count). The number of benzene rings is 3. The summed E-state index contributed by atoms with van der Waals surface area (Å²) in [4.78, 5) is 38.7. The Bertz CT molecular complexity index is 1140. The van der Waals surface area contributed by atoms with Crippen LogP contribution in [0, 0.1) is 0 Å². The van der Waals surface area contributed by atoms with E-state index in [2.05, 4.69) is 10.6 Å². The Morgan fingerprint density at radius 2 is 1.55 bits per heavy atom. The fraction of sp³-hybridized carbons (Fsp3) is 0.125. The molecular weight excluding hydrogens is 394 g/mol. The van der Waals surface area contributed by atoms with Gasteiger partial charge in [0.05, 0.1) is 12.7 Å². The summed E-state index contributed by atoms with van der Waals surface area (Å²) in [5.41, 5.74) is 3.83. The third-order valence-electron chi connectivity index (χ3n) is 5.05. The SMILES string of the molecule is COC(=O)c1cccc(NC(=O)Nc2ccc3c(c2)N(C(=O)c2ccccc2)CC3)c1. The van der Waals surface area contributed by atoms with Crippen molar-refractivity contribution in [2.45, 2.75) is 6.42 Å². The van der Waals surface area contributed by atoms with Gasteiger partial charge in [-0.15, -0.1) is 0 Å². The Morgan fingerprint density at radius 3 is 2.29 bits per heavy atom. The number of urea groups is 1. The summed E-state index contributed by atoms with van der Waals surface area (Å²) in [6.07, 6.45) is 0.765. The normalized spacial score (nSPS) is 12.1. The number of methoxy groups -OCH3 is 1. The molecule has 0 bridgehead atoms. The number of hydrogen-bond donors (Lipinski definition) is 2. The van der Waals surface area contributed by atoms with Gasteiger partial charge in [-0.25, -0.2) is 9.59 Å². The molecule has 7 heteroatoms. The van der Waals surface area contributed by atoms with Gasteiger partial charge < -0.3 is 20.3 Å². The lowest BCUT2D eigenvalue weighted by Gasteiger charge is -2.18. The van der Waals surface area contributed by atoms with E-state index in [0.29, 0.717) is 29.0 Å². The van der Waals surface area contributed by atoms with Crippen molar-refractivity contribution >= 4 is 35.0 Å². The lowest BCUT2D eigenvalue weighted by molar-refractivity contribution is 0.0600. The quantitative estimate of drug-likeness (QED) is 0.621. The van der Waals surface area contributed by atoms with E-state index < -0.39 is 12.0 Å². The summed E-state index contributed by atoms with van der Waals surface area (Å²) >= 11 is 0. The maximum Gasteiger partial charge on any atom is 0.337 e. The van der Waals surface area contributed by atoms with E-state index in [-0.39, 0.29) is 5.91 Å². The average Bonchev–Trinajstić information content (AvgIpc) is 3.22. The maximum absolute atomic E-state index is 12.9. The van der Waals surface area contributed by atoms with Gasteiger partial charge in [-0.1, -0.05) is 30.3 Å². The molecular formula is C24H21N3O4. The minimum absolute atomic E-state index is 0.0689. The molecule has 7 nitrogen and oxygen atoms in total. The van der Waals surface area contributed by atoms with Gasteiger partial charge in [-0.2, -0.15) is 0 Å². The van der Waals surface area contributed by atoms with Crippen LogP contribution < -0.4 is 15.5 Å². The van der Waals surface area contributed by atoms with Gasteiger partial charge in [-0.3, -0.25) is 4.79 Å². The second-order valence-corrected chi connectivity index (χ2v) is 7.07. The number of hydrogen-bond acceptors (Lipinski definition) is 4. The van der Waals surface area contributed by atoms with Gasteiger partial charge in [0, 0.05) is 29.2 Å². The summed E-state index contributed by atoms with van der Waals surface area (Å²) in [5, 5.41) is 5.48. The van der Waals surface area contributed by atoms with E-state index in [4.69, 9.17) is 4.74 Å². The first kappa shape index (κ1) is 20.2. The Labute approximate surface area is 179 Å². The summed E-state index contributed by atoms with van der Waals surface area (Å²) in [5.74, 6) is -0.550. The number of nitrogens with zero attached hydrogens (tertiary/aromatic N) is 1. The summed E-state index contributed by atoms with van der Waals surface area (Å²) < 4.78 is 4.70. The highest BCUT2D eigenvalue weighted by Gasteiger charge is 2.26. The second kappa shape index (κ2) is 8.71. The molecule has 156 valence electrons. The van der Waals surface area contributed by atoms with E-state index in [1.54, 1.807) is 47.4 Å². The zero-order chi connectivity index (χ0) is 21.8. The number of carbonyl (C=O) groups is 3. The average molecular weight is 415 g/mol. The summed E-state index contributed by atoms with van der Waals surface area (Å²) in [6, 6.07) is 20.7. The highest BCUT2D eigenvalue weighted by Crippen LogP contribution is 2.32. The van der Waals surface area contributed by atoms with E-state index in [1.165, 1.54) is 13.2 Å². The molecule has 1 heterocycles. The molecule has 1 aliphatic heterocycles. The molecule has 1 aliphatic rings. The molecule has 3 aromatic carbocycles. The van der Waals surface area contributed by atoms with Gasteiger partial charge in [0.2, 0.25) is 0 Å². The van der Waals surface area contributed by atoms with E-state index in [0.717, 1.165) is 17.7 Å². The Kier molecular flexibility index (Phi) is 5.66. The van der Waals surface area contributed by atoms with Crippen molar-refractivity contribution in [3.05, 3.63) is 89.5 Å². The third-order valence-corrected chi connectivity index (χ3v) is 5.05. The molecule has 0 saturated heterocycles. The van der Waals surface area contributed by atoms with Gasteiger partial charge >= 0.3 is 12.0 Å². The van der Waals surface area contributed by atoms with Crippen molar-refractivity contribution < 1.29 is 19.1 Å². The Balaban J connectivity index is 1.48. The number of anilines is 3. The van der Waals surface area contributed by atoms with Crippen molar-refractivity contribution in [3.8, 4) is 0 Å². The molecule has 0 radical (unpaired) electrons. The molecule has 0 fully saturated rings. The molecule has 0 atom stereocenters. The third kappa shape index (κ3) is 4.40. The molecule has 3 amide bonds. The van der Waals surface area contributed by atoms with E-state index >= 15 is 0 Å². The smallest absolute Gasteiger partial charge is 0.337 e. The number of ether oxygens (including phenoxy) is 1. The van der Waals surface area contributed by atoms with Crippen LogP contribution in [0.25, 0.3) is 0 Å². The van der Waals surface area contributed by atoms with Crippen molar-refractivity contribution in [1.29, 1.82) is 0 Å². The van der Waals surface area contributed by atoms with Crippen LogP contribution in [-0.2, 0) is 11.2 Å². The molecule has 0 aromatic heterocycles. The molecule has 0 unspecified atom stereocenters. The summed E-state index contributed by atoms with van der Waals surface area (Å²) in [7, 11) is 1.30. The molecule has 0 saturated carbocycles. The number of rotatable bonds is 4. The van der Waals surface area contributed by atoms with Crippen molar-refractivity contribution in [3.63, 3.8) is 0 Å². The monoisotopic (exact) mass is 415 g/mol. The van der Waals surface area contributed by atoms with Crippen molar-refractivity contribution in [2.24, 2.45) is 0 Å². The fourth-order valence-electron chi connectivity index (χ4n) is 3.54. The highest BCUT2D eigenvalue weighted by atomic mass is 16.5. The van der Waals surface area contributed by atoms with Gasteiger partial charge in [0.25, 0.3) is 5.91 Å². The van der Waals surface area contributed by atoms with Crippen LogP contribution in [0.5, 0.6) is 0 Å². The van der Waals surface area contributed by atoms with Crippen LogP contribution in [0.2, 0.25) is 0 Å². The van der Waals surface area contributed by atoms with Gasteiger partial charge in [-0.05, 0) is 54.4 Å². The van der Waals surface area contributed by atoms with Crippen LogP contribution in [0.15, 0.2) is 72.8 Å². The molecule has 3 aromatic rings. The minimum atomic E-state index is -0.481. The molecule has 0 aliphatic carbocycles. The van der Waals surface area contributed by atoms with Crippen LogP contribution >= 0.6 is 0 Å². The predicted molar refractivity (Wildman–Crippen MR) is 119 cm³/mol. The number of nitrogens with one attached hydrogen (secondary N) is 2. The fourth-order valence-corrected chi connectivity index (χ4v) is 3.54. The van der Waals surface area contributed by atoms with Crippen LogP contribution in [0.1, 0.15) is 26.3 Å². The minimum Gasteiger partial charge on any atom is -0.465 e. The van der Waals surface area contributed by atoms with Crippen molar-refractivity contribution in [1.82, 2.24) is 0 Å². The number of esters is 1. The zero-order valence-corrected chi connectivity index (χ0v) is 16.9. The number of amides is 3. The Hall–Kier alpha value is -4.13. The van der Waals surface area contributed by atoms with Crippen LogP contribution in [0.3, 0.4) is 0 Å². The maximum atomic E-state index is 12.9. The van der Waals surface area contributed by atoms with E-state index in [1.807, 2.05) is 24.3 Å². The Morgan fingerprint density at radius 1 is 0.839 bits per heavy atom. The lowest BCUT2D eigenvalue weighted by atomic mass is 10.1. The molecule has 0 spiro atoms. The number of carbonyl (C=O) groups excluding carboxylic acids is 3. The van der Waals surface area contributed by atoms with Gasteiger partial charge in [0.1, 0.15) is 0 Å². The molecule has 31 heavy (non-hydrogen) atoms. The highest BCUT2D eigenvalue weighted by molar-refractivity contribution is 6.08. The van der Waals surface area contributed by atoms with Crippen molar-refractivity contribution in [2.75, 3.05) is 29.2 Å². The second-order valence-electron chi connectivity index (χ2n) is 7.07. The van der Waals surface area contributed by atoms with Crippen LogP contribution in [0.4, 0.5) is 21.9 Å². The lowest BCUT2D eigenvalue weighted by Crippen LogP contribution is -2.29. The van der Waals surface area contributed by atoms with Gasteiger partial charge in [0.15, 0.2) is 0 Å². The first-order chi connectivity index (χ1) is 15.0. The summed E-state index contributed by atoms with van der Waals surface area (Å²) in [6.45, 7) is 0.596. The standard InChI is InChI=1S/C24H21N3O4/c1-31-23(29)18-8-5-9-19(14-18)25-24(30)26-20-11-10-16-12-13-27(21(16)15-20)22(28)17-6-3-2-4-7-17/h2-11,14-15H,12-13H2,1H3,(H2,25,26,30). The predicted octanol–water partition coefficient (Wildman–Crippen LogP) is 4.32. The first-order valence-electron chi connectivity index (χ1n) is 9.81. The number of fused-ring (bicyclic) bond motifs is 1. The first-order valence-corrected chi connectivity index (χ1v) is 9.81. The largest absolute Gasteiger partial charge is 0.465 e. The van der Waals surface area contributed by atoms with E-state index in [9.17, 15) is 14.4 Å². The topological polar surface area (TPSA) is 87.7 Å². The van der Waals surface area contributed by atoms with Crippen LogP contribution in [-0.4, -0.2) is 31.6 Å².